The molecule has 1 aliphatic carbocycles. The molecule has 1 aromatic rings. The van der Waals surface area contributed by atoms with Crippen molar-refractivity contribution in [2.24, 2.45) is 11.7 Å². The van der Waals surface area contributed by atoms with Gasteiger partial charge >= 0.3 is 0 Å². The third-order valence-electron chi connectivity index (χ3n) is 3.95. The van der Waals surface area contributed by atoms with Crippen LogP contribution in [0.3, 0.4) is 0 Å². The molecule has 0 aliphatic heterocycles. The van der Waals surface area contributed by atoms with E-state index in [0.717, 1.165) is 11.3 Å². The predicted molar refractivity (Wildman–Crippen MR) is 86.8 cm³/mol. The summed E-state index contributed by atoms with van der Waals surface area (Å²) in [5.74, 6) is 6.47. The van der Waals surface area contributed by atoms with Crippen molar-refractivity contribution in [3.63, 3.8) is 0 Å². The minimum atomic E-state index is 0.127. The summed E-state index contributed by atoms with van der Waals surface area (Å²) < 4.78 is 0. The van der Waals surface area contributed by atoms with Crippen LogP contribution in [0.4, 0.5) is 5.69 Å². The van der Waals surface area contributed by atoms with Crippen molar-refractivity contribution in [2.45, 2.75) is 44.9 Å². The molecule has 21 heavy (non-hydrogen) atoms. The van der Waals surface area contributed by atoms with Crippen LogP contribution in [0.5, 0.6) is 0 Å². The molecule has 0 aromatic heterocycles. The molecule has 112 valence electrons. The number of hydrogen-bond donors (Lipinski definition) is 2. The molecule has 0 atom stereocenters. The van der Waals surface area contributed by atoms with Gasteiger partial charge < -0.3 is 11.1 Å². The van der Waals surface area contributed by atoms with Gasteiger partial charge in [-0.25, -0.2) is 0 Å². The van der Waals surface area contributed by atoms with Crippen LogP contribution in [0.2, 0.25) is 0 Å². The van der Waals surface area contributed by atoms with E-state index >= 15 is 0 Å². The van der Waals surface area contributed by atoms with E-state index in [9.17, 15) is 4.79 Å². The molecule has 0 bridgehead atoms. The maximum Gasteiger partial charge on any atom is 0.224 e. The lowest BCUT2D eigenvalue weighted by Crippen LogP contribution is -2.16. The monoisotopic (exact) mass is 284 g/mol. The fraction of sp³-hybridized carbons (Fsp3) is 0.500. The second-order valence-electron chi connectivity index (χ2n) is 5.69. The first-order valence-corrected chi connectivity index (χ1v) is 7.87. The van der Waals surface area contributed by atoms with Crippen molar-refractivity contribution in [1.29, 1.82) is 0 Å². The van der Waals surface area contributed by atoms with Crippen molar-refractivity contribution in [2.75, 3.05) is 11.9 Å². The first kappa shape index (κ1) is 15.6. The Morgan fingerprint density at radius 3 is 2.43 bits per heavy atom. The van der Waals surface area contributed by atoms with Gasteiger partial charge in [-0.15, -0.1) is 0 Å². The normalized spacial score (nSPS) is 15.7. The van der Waals surface area contributed by atoms with Crippen molar-refractivity contribution in [3.8, 4) is 11.8 Å². The minimum Gasteiger partial charge on any atom is -0.326 e. The Hall–Kier alpha value is -1.79. The number of nitrogens with two attached hydrogens (primary N) is 1. The SMILES string of the molecule is NCC#Cc1ccc(NC(=O)CC2CCCCCC2)cc1. The Labute approximate surface area is 127 Å². The van der Waals surface area contributed by atoms with Crippen molar-refractivity contribution in [1.82, 2.24) is 0 Å². The average Bonchev–Trinajstić information content (AvgIpc) is 2.75. The number of amides is 1. The minimum absolute atomic E-state index is 0.127. The van der Waals surface area contributed by atoms with Crippen LogP contribution >= 0.6 is 0 Å². The zero-order chi connectivity index (χ0) is 14.9. The van der Waals surface area contributed by atoms with E-state index in [1.54, 1.807) is 0 Å². The summed E-state index contributed by atoms with van der Waals surface area (Å²) in [7, 11) is 0. The van der Waals surface area contributed by atoms with E-state index in [4.69, 9.17) is 5.73 Å². The lowest BCUT2D eigenvalue weighted by Gasteiger charge is -2.13. The second-order valence-corrected chi connectivity index (χ2v) is 5.69. The van der Waals surface area contributed by atoms with Crippen molar-refractivity contribution < 1.29 is 4.79 Å². The molecule has 1 saturated carbocycles. The molecule has 3 N–H and O–H groups in total. The Balaban J connectivity index is 1.84. The van der Waals surface area contributed by atoms with Gasteiger partial charge in [-0.3, -0.25) is 4.79 Å². The van der Waals surface area contributed by atoms with Gasteiger partial charge in [0.25, 0.3) is 0 Å². The highest BCUT2D eigenvalue weighted by atomic mass is 16.1. The lowest BCUT2D eigenvalue weighted by atomic mass is 9.96. The third kappa shape index (κ3) is 5.61. The van der Waals surface area contributed by atoms with E-state index in [1.165, 1.54) is 38.5 Å². The summed E-state index contributed by atoms with van der Waals surface area (Å²) in [5.41, 5.74) is 7.10. The molecule has 1 fully saturated rings. The van der Waals surface area contributed by atoms with Gasteiger partial charge in [0.05, 0.1) is 6.54 Å². The number of carbonyl (C=O) groups is 1. The molecule has 1 amide bonds. The Bertz CT molecular complexity index is 502. The summed E-state index contributed by atoms with van der Waals surface area (Å²) in [6.07, 6.45) is 8.22. The second kappa shape index (κ2) is 8.49. The van der Waals surface area contributed by atoms with E-state index in [0.29, 0.717) is 18.9 Å². The molecule has 0 heterocycles. The van der Waals surface area contributed by atoms with Crippen LogP contribution in [0, 0.1) is 17.8 Å². The summed E-state index contributed by atoms with van der Waals surface area (Å²) in [6.45, 7) is 0.361. The van der Waals surface area contributed by atoms with E-state index < -0.39 is 0 Å². The molecule has 0 spiro atoms. The van der Waals surface area contributed by atoms with Crippen LogP contribution < -0.4 is 11.1 Å². The molecule has 1 aromatic carbocycles. The van der Waals surface area contributed by atoms with Gasteiger partial charge in [0, 0.05) is 17.7 Å². The van der Waals surface area contributed by atoms with Crippen molar-refractivity contribution >= 4 is 11.6 Å². The number of rotatable bonds is 3. The zero-order valence-corrected chi connectivity index (χ0v) is 12.5. The molecule has 3 nitrogen and oxygen atoms in total. The summed E-state index contributed by atoms with van der Waals surface area (Å²) in [4.78, 5) is 12.1. The number of benzene rings is 1. The molecule has 0 unspecified atom stereocenters. The van der Waals surface area contributed by atoms with E-state index in [-0.39, 0.29) is 5.91 Å². The highest BCUT2D eigenvalue weighted by molar-refractivity contribution is 5.90. The topological polar surface area (TPSA) is 55.1 Å². The third-order valence-corrected chi connectivity index (χ3v) is 3.95. The lowest BCUT2D eigenvalue weighted by molar-refractivity contribution is -0.117. The quantitative estimate of drug-likeness (QED) is 0.661. The fourth-order valence-corrected chi connectivity index (χ4v) is 2.83. The van der Waals surface area contributed by atoms with Crippen LogP contribution in [-0.2, 0) is 4.79 Å². The van der Waals surface area contributed by atoms with E-state index in [2.05, 4.69) is 17.2 Å². The number of carbonyl (C=O) groups excluding carboxylic acids is 1. The Morgan fingerprint density at radius 2 is 1.81 bits per heavy atom. The van der Waals surface area contributed by atoms with Crippen LogP contribution in [-0.4, -0.2) is 12.5 Å². The highest BCUT2D eigenvalue weighted by Gasteiger charge is 2.16. The van der Waals surface area contributed by atoms with Crippen LogP contribution in [0.15, 0.2) is 24.3 Å². The first-order valence-electron chi connectivity index (χ1n) is 7.87. The van der Waals surface area contributed by atoms with Gasteiger partial charge in [0.15, 0.2) is 0 Å². The summed E-state index contributed by atoms with van der Waals surface area (Å²) in [5, 5.41) is 2.98. The number of hydrogen-bond acceptors (Lipinski definition) is 2. The fourth-order valence-electron chi connectivity index (χ4n) is 2.83. The van der Waals surface area contributed by atoms with Crippen LogP contribution in [0.1, 0.15) is 50.5 Å². The van der Waals surface area contributed by atoms with E-state index in [1.807, 2.05) is 24.3 Å². The summed E-state index contributed by atoms with van der Waals surface area (Å²) >= 11 is 0. The molecule has 0 radical (unpaired) electrons. The van der Waals surface area contributed by atoms with Gasteiger partial charge in [0.2, 0.25) is 5.91 Å². The maximum absolute atomic E-state index is 12.1. The predicted octanol–water partition coefficient (Wildman–Crippen LogP) is 3.30. The molecular formula is C18H24N2O. The standard InChI is InChI=1S/C18H24N2O/c19-13-5-8-15-9-11-17(12-10-15)20-18(21)14-16-6-3-1-2-4-7-16/h9-12,16H,1-4,6-7,13-14,19H2,(H,20,21). The van der Waals surface area contributed by atoms with Gasteiger partial charge in [-0.05, 0) is 43.0 Å². The van der Waals surface area contributed by atoms with Gasteiger partial charge in [-0.1, -0.05) is 37.5 Å². The van der Waals surface area contributed by atoms with Crippen molar-refractivity contribution in [3.05, 3.63) is 29.8 Å². The smallest absolute Gasteiger partial charge is 0.224 e. The average molecular weight is 284 g/mol. The largest absolute Gasteiger partial charge is 0.326 e. The maximum atomic E-state index is 12.1. The number of anilines is 1. The molecule has 2 rings (SSSR count). The van der Waals surface area contributed by atoms with Crippen LogP contribution in [0.25, 0.3) is 0 Å². The molecule has 0 saturated heterocycles. The highest BCUT2D eigenvalue weighted by Crippen LogP contribution is 2.25. The number of nitrogens with one attached hydrogen (secondary N) is 1. The zero-order valence-electron chi connectivity index (χ0n) is 12.5. The Morgan fingerprint density at radius 1 is 1.14 bits per heavy atom. The molecule has 1 aliphatic rings. The molecule has 3 heteroatoms. The first-order chi connectivity index (χ1) is 10.3. The summed E-state index contributed by atoms with van der Waals surface area (Å²) in [6, 6.07) is 7.60. The van der Waals surface area contributed by atoms with Gasteiger partial charge in [0.1, 0.15) is 0 Å². The molecular weight excluding hydrogens is 260 g/mol. The van der Waals surface area contributed by atoms with Gasteiger partial charge in [-0.2, -0.15) is 0 Å². The Kier molecular flexibility index (Phi) is 6.30.